The summed E-state index contributed by atoms with van der Waals surface area (Å²) in [5.74, 6) is -0.656. The molecule has 140 valence electrons. The number of rotatable bonds is 7. The smallest absolute Gasteiger partial charge is 0.257 e. The lowest BCUT2D eigenvalue weighted by Crippen LogP contribution is -2.23. The normalized spacial score (nSPS) is 11.9. The van der Waals surface area contributed by atoms with Gasteiger partial charge < -0.3 is 10.6 Å². The number of carbonyl (C=O) groups is 2. The number of amides is 2. The van der Waals surface area contributed by atoms with Crippen molar-refractivity contribution in [3.05, 3.63) is 41.2 Å². The van der Waals surface area contributed by atoms with E-state index in [1.807, 2.05) is 18.5 Å². The number of para-hydroxylation sites is 1. The highest BCUT2D eigenvalue weighted by Gasteiger charge is 2.19. The fraction of sp³-hybridized carbons (Fsp3) is 0.421. The maximum Gasteiger partial charge on any atom is 0.257 e. The van der Waals surface area contributed by atoms with Gasteiger partial charge in [-0.25, -0.2) is 0 Å². The molecule has 26 heavy (non-hydrogen) atoms. The largest absolute Gasteiger partial charge is 0.324 e. The summed E-state index contributed by atoms with van der Waals surface area (Å²) < 4.78 is 1.91. The molecule has 1 atom stereocenters. The summed E-state index contributed by atoms with van der Waals surface area (Å²) in [6, 6.07) is 6.84. The zero-order valence-corrected chi connectivity index (χ0v) is 16.4. The van der Waals surface area contributed by atoms with Crippen LogP contribution in [0.4, 0.5) is 11.4 Å². The molecule has 1 heterocycles. The zero-order valence-electron chi connectivity index (χ0n) is 15.6. The van der Waals surface area contributed by atoms with Gasteiger partial charge in [0.15, 0.2) is 0 Å². The number of unbranched alkanes of at least 4 members (excludes halogenated alkanes) is 1. The third-order valence-electron chi connectivity index (χ3n) is 4.13. The van der Waals surface area contributed by atoms with Crippen LogP contribution >= 0.6 is 11.6 Å². The van der Waals surface area contributed by atoms with E-state index in [0.29, 0.717) is 16.9 Å². The van der Waals surface area contributed by atoms with Crippen LogP contribution in [-0.4, -0.2) is 27.0 Å². The maximum absolute atomic E-state index is 12.8. The molecule has 0 aliphatic rings. The second-order valence-corrected chi connectivity index (χ2v) is 6.88. The van der Waals surface area contributed by atoms with Gasteiger partial charge in [-0.05, 0) is 39.3 Å². The average Bonchev–Trinajstić information content (AvgIpc) is 2.87. The number of nitrogens with one attached hydrogen (secondary N) is 2. The highest BCUT2D eigenvalue weighted by atomic mass is 35.5. The molecule has 0 aliphatic heterocycles. The SMILES string of the molecule is CCCCn1nc(C)c(NC(=O)c2ccccc2NC(=O)[C@@H](C)Cl)c1C. The number of hydrogen-bond donors (Lipinski definition) is 2. The molecule has 0 spiro atoms. The van der Waals surface area contributed by atoms with Gasteiger partial charge in [0.05, 0.1) is 28.3 Å². The average molecular weight is 377 g/mol. The number of carbonyl (C=O) groups excluding carboxylic acids is 2. The number of nitrogens with zero attached hydrogens (tertiary/aromatic N) is 2. The quantitative estimate of drug-likeness (QED) is 0.713. The van der Waals surface area contributed by atoms with E-state index in [4.69, 9.17) is 11.6 Å². The van der Waals surface area contributed by atoms with E-state index in [-0.39, 0.29) is 11.8 Å². The maximum atomic E-state index is 12.8. The minimum Gasteiger partial charge on any atom is -0.324 e. The van der Waals surface area contributed by atoms with Crippen LogP contribution in [0.2, 0.25) is 0 Å². The topological polar surface area (TPSA) is 76.0 Å². The second-order valence-electron chi connectivity index (χ2n) is 6.23. The van der Waals surface area contributed by atoms with E-state index in [1.165, 1.54) is 0 Å². The number of halogens is 1. The van der Waals surface area contributed by atoms with Gasteiger partial charge >= 0.3 is 0 Å². The van der Waals surface area contributed by atoms with Gasteiger partial charge in [0.25, 0.3) is 5.91 Å². The Hall–Kier alpha value is -2.34. The van der Waals surface area contributed by atoms with Gasteiger partial charge in [0.2, 0.25) is 5.91 Å². The Balaban J connectivity index is 2.23. The standard InChI is InChI=1S/C19H25ClN4O2/c1-5-6-11-24-14(4)17(13(3)23-24)22-19(26)15-9-7-8-10-16(15)21-18(25)12(2)20/h7-10,12H,5-6,11H2,1-4H3,(H,21,25)(H,22,26)/t12-/m1/s1. The van der Waals surface area contributed by atoms with Crippen molar-refractivity contribution in [3.8, 4) is 0 Å². The second kappa shape index (κ2) is 8.85. The molecule has 2 N–H and O–H groups in total. The molecule has 2 amide bonds. The Labute approximate surface area is 158 Å². The molecule has 0 fully saturated rings. The third-order valence-corrected chi connectivity index (χ3v) is 4.33. The molecule has 0 unspecified atom stereocenters. The lowest BCUT2D eigenvalue weighted by Gasteiger charge is -2.12. The Morgan fingerprint density at radius 3 is 2.58 bits per heavy atom. The first-order valence-corrected chi connectivity index (χ1v) is 9.18. The molecule has 7 heteroatoms. The van der Waals surface area contributed by atoms with Crippen molar-refractivity contribution in [1.29, 1.82) is 0 Å². The Morgan fingerprint density at radius 2 is 1.92 bits per heavy atom. The van der Waals surface area contributed by atoms with E-state index in [1.54, 1.807) is 31.2 Å². The van der Waals surface area contributed by atoms with Crippen molar-refractivity contribution in [2.45, 2.75) is 52.5 Å². The first-order chi connectivity index (χ1) is 12.3. The van der Waals surface area contributed by atoms with Gasteiger partial charge in [-0.3, -0.25) is 14.3 Å². The van der Waals surface area contributed by atoms with Gasteiger partial charge in [0, 0.05) is 6.54 Å². The van der Waals surface area contributed by atoms with Crippen LogP contribution in [0.5, 0.6) is 0 Å². The summed E-state index contributed by atoms with van der Waals surface area (Å²) in [6.07, 6.45) is 2.10. The third kappa shape index (κ3) is 4.64. The summed E-state index contributed by atoms with van der Waals surface area (Å²) in [6.45, 7) is 8.33. The Morgan fingerprint density at radius 1 is 1.23 bits per heavy atom. The lowest BCUT2D eigenvalue weighted by atomic mass is 10.1. The molecule has 6 nitrogen and oxygen atoms in total. The van der Waals surface area contributed by atoms with Gasteiger partial charge in [0.1, 0.15) is 5.38 Å². The van der Waals surface area contributed by atoms with Crippen molar-refractivity contribution in [2.24, 2.45) is 0 Å². The number of hydrogen-bond acceptors (Lipinski definition) is 3. The number of aryl methyl sites for hydroxylation is 2. The van der Waals surface area contributed by atoms with Crippen molar-refractivity contribution >= 4 is 34.8 Å². The van der Waals surface area contributed by atoms with Crippen LogP contribution in [-0.2, 0) is 11.3 Å². The monoisotopic (exact) mass is 376 g/mol. The molecule has 2 rings (SSSR count). The number of aromatic nitrogens is 2. The molecular weight excluding hydrogens is 352 g/mol. The molecule has 0 saturated carbocycles. The zero-order chi connectivity index (χ0) is 19.3. The minimum atomic E-state index is -0.688. The molecule has 0 bridgehead atoms. The lowest BCUT2D eigenvalue weighted by molar-refractivity contribution is -0.115. The summed E-state index contributed by atoms with van der Waals surface area (Å²) in [4.78, 5) is 24.7. The summed E-state index contributed by atoms with van der Waals surface area (Å²) in [7, 11) is 0. The summed E-state index contributed by atoms with van der Waals surface area (Å²) in [5.41, 5.74) is 3.19. The van der Waals surface area contributed by atoms with Crippen molar-refractivity contribution in [2.75, 3.05) is 10.6 Å². The van der Waals surface area contributed by atoms with Crippen molar-refractivity contribution < 1.29 is 9.59 Å². The summed E-state index contributed by atoms with van der Waals surface area (Å²) >= 11 is 5.80. The molecule has 1 aromatic heterocycles. The number of anilines is 2. The highest BCUT2D eigenvalue weighted by molar-refractivity contribution is 6.32. The molecule has 0 saturated heterocycles. The predicted octanol–water partition coefficient (Wildman–Crippen LogP) is 4.12. The van der Waals surface area contributed by atoms with Crippen LogP contribution < -0.4 is 10.6 Å². The van der Waals surface area contributed by atoms with Crippen LogP contribution in [0.1, 0.15) is 48.4 Å². The highest BCUT2D eigenvalue weighted by Crippen LogP contribution is 2.23. The van der Waals surface area contributed by atoms with E-state index in [2.05, 4.69) is 22.7 Å². The van der Waals surface area contributed by atoms with Crippen LogP contribution in [0.3, 0.4) is 0 Å². The van der Waals surface area contributed by atoms with Crippen molar-refractivity contribution in [3.63, 3.8) is 0 Å². The van der Waals surface area contributed by atoms with Gasteiger partial charge in [-0.15, -0.1) is 11.6 Å². The first-order valence-electron chi connectivity index (χ1n) is 8.74. The Kier molecular flexibility index (Phi) is 6.80. The summed E-state index contributed by atoms with van der Waals surface area (Å²) in [5, 5.41) is 9.43. The Bertz CT molecular complexity index is 799. The minimum absolute atomic E-state index is 0.302. The molecule has 0 radical (unpaired) electrons. The number of alkyl halides is 1. The van der Waals surface area contributed by atoms with Gasteiger partial charge in [-0.1, -0.05) is 25.5 Å². The van der Waals surface area contributed by atoms with Crippen LogP contribution in [0, 0.1) is 13.8 Å². The van der Waals surface area contributed by atoms with Gasteiger partial charge in [-0.2, -0.15) is 5.10 Å². The molecule has 0 aliphatic carbocycles. The first kappa shape index (κ1) is 20.0. The fourth-order valence-electron chi connectivity index (χ4n) is 2.61. The molecule has 1 aromatic carbocycles. The van der Waals surface area contributed by atoms with Crippen LogP contribution in [0.25, 0.3) is 0 Å². The van der Waals surface area contributed by atoms with E-state index >= 15 is 0 Å². The molecule has 2 aromatic rings. The van der Waals surface area contributed by atoms with E-state index in [0.717, 1.165) is 30.8 Å². The van der Waals surface area contributed by atoms with Crippen molar-refractivity contribution in [1.82, 2.24) is 9.78 Å². The van der Waals surface area contributed by atoms with E-state index in [9.17, 15) is 9.59 Å². The van der Waals surface area contributed by atoms with Crippen LogP contribution in [0.15, 0.2) is 24.3 Å². The molecular formula is C19H25ClN4O2. The van der Waals surface area contributed by atoms with E-state index < -0.39 is 5.38 Å². The number of benzene rings is 1. The fourth-order valence-corrected chi connectivity index (χ4v) is 2.66. The predicted molar refractivity (Wildman–Crippen MR) is 105 cm³/mol.